The standard InChI is InChI=1S/C15H11N3S2/c1-2-12-13(17-5-4-16-12)7-10(1)15-18-14(9-20-15)11-3-6-19-8-11/h1-3,5-9,16H,4H2. The largest absolute Gasteiger partial charge is 0.378 e. The summed E-state index contributed by atoms with van der Waals surface area (Å²) in [5.41, 5.74) is 5.43. The Morgan fingerprint density at radius 2 is 2.10 bits per heavy atom. The fourth-order valence-corrected chi connectivity index (χ4v) is 3.65. The zero-order chi connectivity index (χ0) is 13.4. The Labute approximate surface area is 124 Å². The smallest absolute Gasteiger partial charge is 0.124 e. The van der Waals surface area contributed by atoms with Crippen LogP contribution in [0.5, 0.6) is 0 Å². The van der Waals surface area contributed by atoms with E-state index in [0.29, 0.717) is 0 Å². The maximum Gasteiger partial charge on any atom is 0.124 e. The van der Waals surface area contributed by atoms with Crippen molar-refractivity contribution in [2.24, 2.45) is 4.99 Å². The van der Waals surface area contributed by atoms with Gasteiger partial charge in [-0.15, -0.1) is 11.3 Å². The predicted octanol–water partition coefficient (Wildman–Crippen LogP) is 4.67. The molecule has 1 aliphatic rings. The minimum atomic E-state index is 0.798. The highest BCUT2D eigenvalue weighted by Crippen LogP contribution is 2.35. The van der Waals surface area contributed by atoms with Gasteiger partial charge in [-0.3, -0.25) is 4.99 Å². The number of hydrogen-bond donors (Lipinski definition) is 1. The Kier molecular flexibility index (Phi) is 2.86. The number of aliphatic imine (C=N–C) groups is 1. The highest BCUT2D eigenvalue weighted by molar-refractivity contribution is 7.13. The molecule has 20 heavy (non-hydrogen) atoms. The molecule has 0 bridgehead atoms. The molecule has 0 saturated heterocycles. The number of nitrogens with zero attached hydrogens (tertiary/aromatic N) is 2. The molecule has 98 valence electrons. The number of benzene rings is 1. The van der Waals surface area contributed by atoms with Crippen LogP contribution >= 0.6 is 22.7 Å². The molecule has 1 aliphatic heterocycles. The van der Waals surface area contributed by atoms with Crippen molar-refractivity contribution in [3.8, 4) is 21.8 Å². The minimum absolute atomic E-state index is 0.798. The van der Waals surface area contributed by atoms with Crippen molar-refractivity contribution < 1.29 is 0 Å². The van der Waals surface area contributed by atoms with Crippen LogP contribution in [-0.4, -0.2) is 17.7 Å². The van der Waals surface area contributed by atoms with Gasteiger partial charge in [0.25, 0.3) is 0 Å². The molecule has 0 aliphatic carbocycles. The first-order valence-electron chi connectivity index (χ1n) is 6.29. The Morgan fingerprint density at radius 3 is 3.00 bits per heavy atom. The molecule has 1 N–H and O–H groups in total. The number of fused-ring (bicyclic) bond motifs is 1. The van der Waals surface area contributed by atoms with Gasteiger partial charge in [0.15, 0.2) is 0 Å². The van der Waals surface area contributed by atoms with Gasteiger partial charge < -0.3 is 5.32 Å². The number of thiazole rings is 1. The van der Waals surface area contributed by atoms with E-state index < -0.39 is 0 Å². The number of aromatic nitrogens is 1. The predicted molar refractivity (Wildman–Crippen MR) is 87.5 cm³/mol. The first-order chi connectivity index (χ1) is 9.90. The highest BCUT2D eigenvalue weighted by Gasteiger charge is 2.10. The van der Waals surface area contributed by atoms with E-state index in [9.17, 15) is 0 Å². The Hall–Kier alpha value is -1.98. The van der Waals surface area contributed by atoms with E-state index in [1.165, 1.54) is 5.56 Å². The molecule has 1 aromatic carbocycles. The first-order valence-corrected chi connectivity index (χ1v) is 8.11. The Bertz CT molecular complexity index is 772. The molecule has 2 aromatic heterocycles. The fraction of sp³-hybridized carbons (Fsp3) is 0.0667. The maximum absolute atomic E-state index is 4.72. The minimum Gasteiger partial charge on any atom is -0.378 e. The highest BCUT2D eigenvalue weighted by atomic mass is 32.1. The molecule has 0 saturated carbocycles. The van der Waals surface area contributed by atoms with E-state index in [-0.39, 0.29) is 0 Å². The molecule has 0 radical (unpaired) electrons. The average Bonchev–Trinajstić information content (AvgIpc) is 3.17. The first kappa shape index (κ1) is 11.8. The van der Waals surface area contributed by atoms with Crippen LogP contribution in [0.3, 0.4) is 0 Å². The normalized spacial score (nSPS) is 13.0. The SMILES string of the molecule is C1=Nc2cc(-c3nc(-c4ccsc4)cs3)ccc2NC1. The summed E-state index contributed by atoms with van der Waals surface area (Å²) in [6.45, 7) is 0.798. The molecule has 0 unspecified atom stereocenters. The van der Waals surface area contributed by atoms with E-state index in [1.54, 1.807) is 22.7 Å². The van der Waals surface area contributed by atoms with Crippen LogP contribution in [0.4, 0.5) is 11.4 Å². The third-order valence-corrected chi connectivity index (χ3v) is 4.75. The summed E-state index contributed by atoms with van der Waals surface area (Å²) in [6, 6.07) is 8.37. The molecule has 3 nitrogen and oxygen atoms in total. The topological polar surface area (TPSA) is 37.3 Å². The molecule has 3 heterocycles. The third-order valence-electron chi connectivity index (χ3n) is 3.18. The van der Waals surface area contributed by atoms with Crippen molar-refractivity contribution in [2.75, 3.05) is 11.9 Å². The van der Waals surface area contributed by atoms with Crippen LogP contribution in [0.1, 0.15) is 0 Å². The van der Waals surface area contributed by atoms with E-state index >= 15 is 0 Å². The zero-order valence-electron chi connectivity index (χ0n) is 10.5. The second-order valence-electron chi connectivity index (χ2n) is 4.47. The van der Waals surface area contributed by atoms with Crippen molar-refractivity contribution in [3.63, 3.8) is 0 Å². The molecule has 0 atom stereocenters. The zero-order valence-corrected chi connectivity index (χ0v) is 12.2. The van der Waals surface area contributed by atoms with Crippen LogP contribution in [-0.2, 0) is 0 Å². The van der Waals surface area contributed by atoms with Crippen LogP contribution in [0.2, 0.25) is 0 Å². The number of thiophene rings is 1. The Balaban J connectivity index is 1.73. The number of anilines is 1. The summed E-state index contributed by atoms with van der Waals surface area (Å²) >= 11 is 3.37. The van der Waals surface area contributed by atoms with E-state index in [0.717, 1.165) is 34.2 Å². The molecule has 0 spiro atoms. The summed E-state index contributed by atoms with van der Waals surface area (Å²) in [7, 11) is 0. The van der Waals surface area contributed by atoms with Gasteiger partial charge >= 0.3 is 0 Å². The number of nitrogens with one attached hydrogen (secondary N) is 1. The van der Waals surface area contributed by atoms with Gasteiger partial charge in [-0.25, -0.2) is 4.98 Å². The molecule has 0 fully saturated rings. The van der Waals surface area contributed by atoms with Crippen molar-refractivity contribution in [2.45, 2.75) is 0 Å². The van der Waals surface area contributed by atoms with Gasteiger partial charge in [0, 0.05) is 28.1 Å². The number of hydrogen-bond acceptors (Lipinski definition) is 5. The molecule has 3 aromatic rings. The van der Waals surface area contributed by atoms with Crippen LogP contribution in [0.15, 0.2) is 45.4 Å². The molecular weight excluding hydrogens is 286 g/mol. The molecule has 4 rings (SSSR count). The molecule has 0 amide bonds. The monoisotopic (exact) mass is 297 g/mol. The quantitative estimate of drug-likeness (QED) is 0.746. The summed E-state index contributed by atoms with van der Waals surface area (Å²) in [6.07, 6.45) is 1.89. The van der Waals surface area contributed by atoms with Crippen molar-refractivity contribution in [1.29, 1.82) is 0 Å². The van der Waals surface area contributed by atoms with Gasteiger partial charge in [0.1, 0.15) is 5.01 Å². The van der Waals surface area contributed by atoms with Gasteiger partial charge in [0.05, 0.1) is 23.6 Å². The molecule has 5 heteroatoms. The lowest BCUT2D eigenvalue weighted by molar-refractivity contribution is 1.33. The second-order valence-corrected chi connectivity index (χ2v) is 6.11. The van der Waals surface area contributed by atoms with Gasteiger partial charge in [-0.05, 0) is 29.6 Å². The summed E-state index contributed by atoms with van der Waals surface area (Å²) in [5, 5.41) is 10.7. The van der Waals surface area contributed by atoms with E-state index in [2.05, 4.69) is 50.7 Å². The fourth-order valence-electron chi connectivity index (χ4n) is 2.17. The van der Waals surface area contributed by atoms with Gasteiger partial charge in [0.2, 0.25) is 0 Å². The van der Waals surface area contributed by atoms with Gasteiger partial charge in [-0.1, -0.05) is 0 Å². The lowest BCUT2D eigenvalue weighted by Crippen LogP contribution is -2.06. The maximum atomic E-state index is 4.72. The van der Waals surface area contributed by atoms with Crippen molar-refractivity contribution >= 4 is 40.3 Å². The van der Waals surface area contributed by atoms with E-state index in [4.69, 9.17) is 4.98 Å². The lowest BCUT2D eigenvalue weighted by Gasteiger charge is -2.12. The van der Waals surface area contributed by atoms with Crippen LogP contribution in [0.25, 0.3) is 21.8 Å². The average molecular weight is 297 g/mol. The van der Waals surface area contributed by atoms with Gasteiger partial charge in [-0.2, -0.15) is 11.3 Å². The summed E-state index contributed by atoms with van der Waals surface area (Å²) in [4.78, 5) is 9.15. The van der Waals surface area contributed by atoms with Crippen LogP contribution in [0, 0.1) is 0 Å². The number of rotatable bonds is 2. The Morgan fingerprint density at radius 1 is 1.10 bits per heavy atom. The third kappa shape index (κ3) is 2.05. The summed E-state index contributed by atoms with van der Waals surface area (Å²) < 4.78 is 0. The van der Waals surface area contributed by atoms with Crippen molar-refractivity contribution in [1.82, 2.24) is 4.98 Å². The van der Waals surface area contributed by atoms with E-state index in [1.807, 2.05) is 6.21 Å². The summed E-state index contributed by atoms with van der Waals surface area (Å²) in [5.74, 6) is 0. The van der Waals surface area contributed by atoms with Crippen LogP contribution < -0.4 is 5.32 Å². The lowest BCUT2D eigenvalue weighted by atomic mass is 10.1. The van der Waals surface area contributed by atoms with Crippen molar-refractivity contribution in [3.05, 3.63) is 40.4 Å². The second kappa shape index (κ2) is 4.85. The molecular formula is C15H11N3S2.